The molecule has 132 valence electrons. The molecule has 0 aromatic heterocycles. The van der Waals surface area contributed by atoms with Crippen molar-refractivity contribution in [3.8, 4) is 5.75 Å². The van der Waals surface area contributed by atoms with Crippen molar-refractivity contribution in [1.82, 2.24) is 10.6 Å². The van der Waals surface area contributed by atoms with Crippen LogP contribution in [-0.2, 0) is 9.59 Å². The number of nitrogens with one attached hydrogen (secondary N) is 2. The van der Waals surface area contributed by atoms with Crippen LogP contribution in [-0.4, -0.2) is 31.0 Å². The Morgan fingerprint density at radius 3 is 2.67 bits per heavy atom. The number of hydrogen-bond acceptors (Lipinski definition) is 4. The lowest BCUT2D eigenvalue weighted by molar-refractivity contribution is -0.122. The van der Waals surface area contributed by atoms with Gasteiger partial charge in [-0.3, -0.25) is 9.59 Å². The maximum absolute atomic E-state index is 12.3. The highest BCUT2D eigenvalue weighted by Crippen LogP contribution is 2.31. The minimum atomic E-state index is -0.428. The predicted octanol–water partition coefficient (Wildman–Crippen LogP) is 1.51. The Morgan fingerprint density at radius 1 is 1.33 bits per heavy atom. The van der Waals surface area contributed by atoms with E-state index in [1.54, 1.807) is 0 Å². The van der Waals surface area contributed by atoms with Gasteiger partial charge >= 0.3 is 0 Å². The average molecular weight is 333 g/mol. The Balaban J connectivity index is 2.01. The van der Waals surface area contributed by atoms with Crippen LogP contribution in [0.1, 0.15) is 44.7 Å². The highest BCUT2D eigenvalue weighted by Gasteiger charge is 2.29. The number of nitrogens with two attached hydrogens (primary N) is 1. The third-order valence-corrected chi connectivity index (χ3v) is 4.12. The molecule has 1 aliphatic rings. The summed E-state index contributed by atoms with van der Waals surface area (Å²) in [5, 5.41) is 5.71. The third-order valence-electron chi connectivity index (χ3n) is 4.12. The van der Waals surface area contributed by atoms with Gasteiger partial charge in [-0.1, -0.05) is 18.2 Å². The molecule has 6 nitrogen and oxygen atoms in total. The quantitative estimate of drug-likeness (QED) is 0.638. The SMILES string of the molecule is CCOc1ccccc1C(CC(=O)NCC(N)C1CC1)NC(C)=O. The Bertz CT molecular complexity index is 572. The van der Waals surface area contributed by atoms with Gasteiger partial charge in [-0.2, -0.15) is 0 Å². The van der Waals surface area contributed by atoms with Gasteiger partial charge in [-0.15, -0.1) is 0 Å². The molecule has 2 unspecified atom stereocenters. The van der Waals surface area contributed by atoms with Crippen molar-refractivity contribution in [3.05, 3.63) is 29.8 Å². The number of ether oxygens (including phenoxy) is 1. The Kier molecular flexibility index (Phi) is 6.61. The lowest BCUT2D eigenvalue weighted by Crippen LogP contribution is -2.40. The van der Waals surface area contributed by atoms with E-state index >= 15 is 0 Å². The van der Waals surface area contributed by atoms with Gasteiger partial charge in [0.05, 0.1) is 19.1 Å². The highest BCUT2D eigenvalue weighted by molar-refractivity contribution is 5.79. The summed E-state index contributed by atoms with van der Waals surface area (Å²) in [5.74, 6) is 0.904. The van der Waals surface area contributed by atoms with Crippen molar-refractivity contribution in [1.29, 1.82) is 0 Å². The van der Waals surface area contributed by atoms with Gasteiger partial charge in [-0.05, 0) is 31.7 Å². The van der Waals surface area contributed by atoms with Crippen molar-refractivity contribution < 1.29 is 14.3 Å². The fourth-order valence-electron chi connectivity index (χ4n) is 2.72. The second kappa shape index (κ2) is 8.68. The first-order valence-electron chi connectivity index (χ1n) is 8.52. The summed E-state index contributed by atoms with van der Waals surface area (Å²) in [7, 11) is 0. The second-order valence-corrected chi connectivity index (χ2v) is 6.23. The van der Waals surface area contributed by atoms with Crippen LogP contribution in [0.3, 0.4) is 0 Å². The van der Waals surface area contributed by atoms with Gasteiger partial charge in [0.1, 0.15) is 5.75 Å². The van der Waals surface area contributed by atoms with Crippen LogP contribution in [0.15, 0.2) is 24.3 Å². The predicted molar refractivity (Wildman–Crippen MR) is 92.5 cm³/mol. The minimum absolute atomic E-state index is 0.0175. The number of rotatable bonds is 9. The molecule has 0 spiro atoms. The highest BCUT2D eigenvalue weighted by atomic mass is 16.5. The number of amides is 2. The standard InChI is InChI=1S/C18H27N3O3/c1-3-24-17-7-5-4-6-14(17)16(21-12(2)22)10-18(23)20-11-15(19)13-8-9-13/h4-7,13,15-16H,3,8-11,19H2,1-2H3,(H,20,23)(H,21,22). The normalized spacial score (nSPS) is 16.1. The van der Waals surface area contributed by atoms with E-state index in [2.05, 4.69) is 10.6 Å². The molecule has 0 radical (unpaired) electrons. The molecule has 1 saturated carbocycles. The van der Waals surface area contributed by atoms with Crippen LogP contribution < -0.4 is 21.1 Å². The molecule has 0 aliphatic heterocycles. The lowest BCUT2D eigenvalue weighted by atomic mass is 10.0. The Morgan fingerprint density at radius 2 is 2.04 bits per heavy atom. The van der Waals surface area contributed by atoms with Gasteiger partial charge < -0.3 is 21.1 Å². The number of carbonyl (C=O) groups excluding carboxylic acids is 2. The summed E-state index contributed by atoms with van der Waals surface area (Å²) in [6.07, 6.45) is 2.45. The largest absolute Gasteiger partial charge is 0.494 e. The van der Waals surface area contributed by atoms with Crippen molar-refractivity contribution >= 4 is 11.8 Å². The zero-order valence-electron chi connectivity index (χ0n) is 14.4. The van der Waals surface area contributed by atoms with E-state index in [1.807, 2.05) is 31.2 Å². The molecule has 0 heterocycles. The molecule has 0 saturated heterocycles. The van der Waals surface area contributed by atoms with Crippen molar-refractivity contribution in [3.63, 3.8) is 0 Å². The number of para-hydroxylation sites is 1. The molecule has 1 aliphatic carbocycles. The van der Waals surface area contributed by atoms with Gasteiger partial charge in [0.15, 0.2) is 0 Å². The summed E-state index contributed by atoms with van der Waals surface area (Å²) in [5.41, 5.74) is 6.81. The topological polar surface area (TPSA) is 93.4 Å². The van der Waals surface area contributed by atoms with Crippen LogP contribution >= 0.6 is 0 Å². The average Bonchev–Trinajstić information content (AvgIpc) is 3.37. The maximum Gasteiger partial charge on any atom is 0.222 e. The van der Waals surface area contributed by atoms with E-state index < -0.39 is 6.04 Å². The van der Waals surface area contributed by atoms with E-state index in [-0.39, 0.29) is 24.3 Å². The molecule has 2 rings (SSSR count). The molecule has 24 heavy (non-hydrogen) atoms. The molecular formula is C18H27N3O3. The molecule has 1 aromatic carbocycles. The lowest BCUT2D eigenvalue weighted by Gasteiger charge is -2.21. The Labute approximate surface area is 143 Å². The molecule has 2 atom stereocenters. The first-order chi connectivity index (χ1) is 11.5. The van der Waals surface area contributed by atoms with Crippen LogP contribution in [0.4, 0.5) is 0 Å². The first kappa shape index (κ1) is 18.3. The van der Waals surface area contributed by atoms with Gasteiger partial charge in [0.25, 0.3) is 0 Å². The zero-order chi connectivity index (χ0) is 17.5. The maximum atomic E-state index is 12.3. The van der Waals surface area contributed by atoms with E-state index in [4.69, 9.17) is 10.5 Å². The van der Waals surface area contributed by atoms with Crippen LogP contribution in [0, 0.1) is 5.92 Å². The fraction of sp³-hybridized carbons (Fsp3) is 0.556. The molecule has 1 aromatic rings. The van der Waals surface area contributed by atoms with Crippen LogP contribution in [0.5, 0.6) is 5.75 Å². The smallest absolute Gasteiger partial charge is 0.222 e. The minimum Gasteiger partial charge on any atom is -0.494 e. The van der Waals surface area contributed by atoms with E-state index in [1.165, 1.54) is 6.92 Å². The summed E-state index contributed by atoms with van der Waals surface area (Å²) in [4.78, 5) is 23.8. The second-order valence-electron chi connectivity index (χ2n) is 6.23. The fourth-order valence-corrected chi connectivity index (χ4v) is 2.72. The molecule has 2 amide bonds. The summed E-state index contributed by atoms with van der Waals surface area (Å²) >= 11 is 0. The van der Waals surface area contributed by atoms with Crippen LogP contribution in [0.2, 0.25) is 0 Å². The summed E-state index contributed by atoms with van der Waals surface area (Å²) in [6, 6.07) is 7.04. The van der Waals surface area contributed by atoms with Crippen molar-refractivity contribution in [2.75, 3.05) is 13.2 Å². The Hall–Kier alpha value is -2.08. The number of benzene rings is 1. The zero-order valence-corrected chi connectivity index (χ0v) is 14.4. The van der Waals surface area contributed by atoms with Gasteiger partial charge in [0.2, 0.25) is 11.8 Å². The molecular weight excluding hydrogens is 306 g/mol. The summed E-state index contributed by atoms with van der Waals surface area (Å²) < 4.78 is 5.62. The molecule has 1 fully saturated rings. The van der Waals surface area contributed by atoms with Crippen molar-refractivity contribution in [2.24, 2.45) is 11.7 Å². The van der Waals surface area contributed by atoms with Crippen molar-refractivity contribution in [2.45, 2.75) is 45.2 Å². The molecule has 6 heteroatoms. The van der Waals surface area contributed by atoms with E-state index in [0.717, 1.165) is 18.4 Å². The molecule has 0 bridgehead atoms. The van der Waals surface area contributed by atoms with E-state index in [0.29, 0.717) is 24.8 Å². The van der Waals surface area contributed by atoms with E-state index in [9.17, 15) is 9.59 Å². The first-order valence-corrected chi connectivity index (χ1v) is 8.52. The third kappa shape index (κ3) is 5.53. The monoisotopic (exact) mass is 333 g/mol. The summed E-state index contributed by atoms with van der Waals surface area (Å²) in [6.45, 7) is 4.34. The number of hydrogen-bond donors (Lipinski definition) is 3. The van der Waals surface area contributed by atoms with Gasteiger partial charge in [-0.25, -0.2) is 0 Å². The van der Waals surface area contributed by atoms with Gasteiger partial charge in [0, 0.05) is 25.1 Å². The van der Waals surface area contributed by atoms with Crippen LogP contribution in [0.25, 0.3) is 0 Å². The molecule has 4 N–H and O–H groups in total. The number of carbonyl (C=O) groups is 2.